The van der Waals surface area contributed by atoms with E-state index < -0.39 is 0 Å². The van der Waals surface area contributed by atoms with Crippen LogP contribution in [0.2, 0.25) is 0 Å². The lowest BCUT2D eigenvalue weighted by atomic mass is 9.98. The number of para-hydroxylation sites is 3. The molecule has 0 radical (unpaired) electrons. The van der Waals surface area contributed by atoms with Gasteiger partial charge in [0.1, 0.15) is 0 Å². The number of hydrogen-bond acceptors (Lipinski definition) is 2. The van der Waals surface area contributed by atoms with Gasteiger partial charge in [-0.1, -0.05) is 158 Å². The van der Waals surface area contributed by atoms with Crippen molar-refractivity contribution >= 4 is 59.8 Å². The van der Waals surface area contributed by atoms with E-state index in [-0.39, 0.29) is 0 Å². The van der Waals surface area contributed by atoms with Crippen molar-refractivity contribution in [2.24, 2.45) is 0 Å². The second kappa shape index (κ2) is 10.8. The Hall–Kier alpha value is -6.84. The van der Waals surface area contributed by atoms with Crippen molar-refractivity contribution in [1.29, 1.82) is 0 Å². The highest BCUT2D eigenvalue weighted by molar-refractivity contribution is 6.25. The monoisotopic (exact) mass is 647 g/mol. The lowest BCUT2D eigenvalue weighted by Crippen LogP contribution is -1.95. The highest BCUT2D eigenvalue weighted by atomic mass is 14.9. The van der Waals surface area contributed by atoms with Gasteiger partial charge >= 0.3 is 0 Å². The lowest BCUT2D eigenvalue weighted by Gasteiger charge is -2.11. The molecule has 0 N–H and O–H groups in total. The minimum atomic E-state index is 0.722. The van der Waals surface area contributed by atoms with Crippen molar-refractivity contribution in [3.8, 4) is 44.9 Å². The molecule has 0 aliphatic rings. The molecule has 236 valence electrons. The van der Waals surface area contributed by atoms with Gasteiger partial charge in [0.25, 0.3) is 0 Å². The lowest BCUT2D eigenvalue weighted by molar-refractivity contribution is 1.23. The molecule has 8 aromatic carbocycles. The van der Waals surface area contributed by atoms with Crippen LogP contribution in [0.3, 0.4) is 0 Å². The van der Waals surface area contributed by atoms with Crippen molar-refractivity contribution in [2.45, 2.75) is 0 Å². The van der Waals surface area contributed by atoms with Gasteiger partial charge in [-0.05, 0) is 45.7 Å². The first-order chi connectivity index (χ1) is 25.3. The van der Waals surface area contributed by atoms with E-state index >= 15 is 0 Å². The average Bonchev–Trinajstić information content (AvgIpc) is 3.73. The molecule has 0 aliphatic carbocycles. The van der Waals surface area contributed by atoms with Crippen LogP contribution in [-0.4, -0.2) is 14.4 Å². The van der Waals surface area contributed by atoms with Gasteiger partial charge in [0, 0.05) is 43.6 Å². The van der Waals surface area contributed by atoms with Crippen LogP contribution in [0.4, 0.5) is 0 Å². The Morgan fingerprint density at radius 2 is 0.980 bits per heavy atom. The van der Waals surface area contributed by atoms with E-state index in [0.717, 1.165) is 39.1 Å². The van der Waals surface area contributed by atoms with Crippen molar-refractivity contribution < 1.29 is 0 Å². The van der Waals surface area contributed by atoms with Crippen LogP contribution in [0.1, 0.15) is 0 Å². The first kappa shape index (κ1) is 28.0. The van der Waals surface area contributed by atoms with Crippen LogP contribution in [0, 0.1) is 0 Å². The summed E-state index contributed by atoms with van der Waals surface area (Å²) < 4.78 is 2.48. The molecule has 0 aliphatic heterocycles. The van der Waals surface area contributed by atoms with E-state index in [1.165, 1.54) is 65.6 Å². The molecule has 51 heavy (non-hydrogen) atoms. The van der Waals surface area contributed by atoms with Gasteiger partial charge in [-0.25, -0.2) is 9.97 Å². The average molecular weight is 648 g/mol. The molecule has 11 aromatic rings. The first-order valence-electron chi connectivity index (χ1n) is 17.4. The summed E-state index contributed by atoms with van der Waals surface area (Å²) in [6.45, 7) is 0. The van der Waals surface area contributed by atoms with Crippen LogP contribution in [0.15, 0.2) is 176 Å². The zero-order valence-electron chi connectivity index (χ0n) is 27.6. The molecule has 0 saturated heterocycles. The molecule has 0 spiro atoms. The van der Waals surface area contributed by atoms with Crippen LogP contribution in [-0.2, 0) is 0 Å². The van der Waals surface area contributed by atoms with E-state index in [0.29, 0.717) is 0 Å². The van der Waals surface area contributed by atoms with Crippen LogP contribution < -0.4 is 0 Å². The number of nitrogens with zero attached hydrogens (tertiary/aromatic N) is 3. The Morgan fingerprint density at radius 3 is 1.84 bits per heavy atom. The maximum absolute atomic E-state index is 5.30. The van der Waals surface area contributed by atoms with Crippen molar-refractivity contribution in [3.05, 3.63) is 176 Å². The van der Waals surface area contributed by atoms with Gasteiger partial charge in [-0.2, -0.15) is 0 Å². The highest BCUT2D eigenvalue weighted by Gasteiger charge is 2.21. The van der Waals surface area contributed by atoms with Gasteiger partial charge in [-0.3, -0.25) is 0 Å². The standard InChI is InChI=1S/C48H29N3/c1-2-10-30(11-3-1)32-20-23-33(24-21-32)37-15-8-17-40-41-18-9-16-39-38-27-26-36(29-44(38)51(46(37)40)47(39)41)48-49-43-19-7-6-14-42(43)45(50-48)35-25-22-31-12-4-5-13-34(31)28-35/h1-29H. The van der Waals surface area contributed by atoms with Gasteiger partial charge in [0.2, 0.25) is 0 Å². The van der Waals surface area contributed by atoms with E-state index in [9.17, 15) is 0 Å². The zero-order valence-corrected chi connectivity index (χ0v) is 27.6. The summed E-state index contributed by atoms with van der Waals surface area (Å²) in [5.74, 6) is 0.722. The quantitative estimate of drug-likeness (QED) is 0.190. The largest absolute Gasteiger partial charge is 0.307 e. The predicted octanol–water partition coefficient (Wildman–Crippen LogP) is 12.6. The molecule has 0 atom stereocenters. The Kier molecular flexibility index (Phi) is 5.96. The van der Waals surface area contributed by atoms with Crippen LogP contribution in [0.25, 0.3) is 105 Å². The summed E-state index contributed by atoms with van der Waals surface area (Å²) >= 11 is 0. The minimum Gasteiger partial charge on any atom is -0.307 e. The summed E-state index contributed by atoms with van der Waals surface area (Å²) in [6.07, 6.45) is 0. The Balaban J connectivity index is 1.14. The predicted molar refractivity (Wildman–Crippen MR) is 213 cm³/mol. The van der Waals surface area contributed by atoms with E-state index in [1.807, 2.05) is 0 Å². The summed E-state index contributed by atoms with van der Waals surface area (Å²) in [4.78, 5) is 10.4. The van der Waals surface area contributed by atoms with Crippen LogP contribution >= 0.6 is 0 Å². The minimum absolute atomic E-state index is 0.722. The number of fused-ring (bicyclic) bond motifs is 8. The van der Waals surface area contributed by atoms with Crippen molar-refractivity contribution in [3.63, 3.8) is 0 Å². The smallest absolute Gasteiger partial charge is 0.160 e. The normalized spacial score (nSPS) is 11.9. The second-order valence-electron chi connectivity index (χ2n) is 13.4. The third kappa shape index (κ3) is 4.25. The molecular formula is C48H29N3. The Labute approximate surface area is 294 Å². The molecule has 0 amide bonds. The fourth-order valence-corrected chi connectivity index (χ4v) is 8.13. The summed E-state index contributed by atoms with van der Waals surface area (Å²) in [7, 11) is 0. The van der Waals surface area contributed by atoms with Gasteiger partial charge in [0.05, 0.1) is 27.8 Å². The molecule has 3 heterocycles. The molecule has 0 bridgehead atoms. The molecule has 3 heteroatoms. The molecule has 0 fully saturated rings. The zero-order chi connectivity index (χ0) is 33.5. The van der Waals surface area contributed by atoms with E-state index in [2.05, 4.69) is 180 Å². The molecule has 3 aromatic heterocycles. The Morgan fingerprint density at radius 1 is 0.353 bits per heavy atom. The Bertz CT molecular complexity index is 3120. The van der Waals surface area contributed by atoms with Gasteiger partial charge in [-0.15, -0.1) is 0 Å². The molecule has 3 nitrogen and oxygen atoms in total. The van der Waals surface area contributed by atoms with Crippen molar-refractivity contribution in [1.82, 2.24) is 14.4 Å². The van der Waals surface area contributed by atoms with Gasteiger partial charge in [0.15, 0.2) is 5.82 Å². The number of aromatic nitrogens is 3. The molecule has 11 rings (SSSR count). The number of benzene rings is 8. The second-order valence-corrected chi connectivity index (χ2v) is 13.4. The highest BCUT2D eigenvalue weighted by Crippen LogP contribution is 2.43. The summed E-state index contributed by atoms with van der Waals surface area (Å²) in [5.41, 5.74) is 12.4. The fourth-order valence-electron chi connectivity index (χ4n) is 8.13. The third-order valence-electron chi connectivity index (χ3n) is 10.5. The topological polar surface area (TPSA) is 30.2 Å². The molecule has 0 saturated carbocycles. The summed E-state index contributed by atoms with van der Waals surface area (Å²) in [6, 6.07) is 63.1. The maximum atomic E-state index is 5.30. The van der Waals surface area contributed by atoms with Crippen molar-refractivity contribution in [2.75, 3.05) is 0 Å². The molecular weight excluding hydrogens is 619 g/mol. The van der Waals surface area contributed by atoms with Crippen LogP contribution in [0.5, 0.6) is 0 Å². The SMILES string of the molecule is c1ccc(-c2ccc(-c3cccc4c5cccc6c7ccc(-c8nc(-c9ccc%10ccccc%10c9)c9ccccc9n8)cc7n(c34)c65)cc2)cc1. The van der Waals surface area contributed by atoms with E-state index in [4.69, 9.17) is 9.97 Å². The van der Waals surface area contributed by atoms with E-state index in [1.54, 1.807) is 0 Å². The fraction of sp³-hybridized carbons (Fsp3) is 0. The number of rotatable bonds is 4. The molecule has 0 unspecified atom stereocenters. The van der Waals surface area contributed by atoms with Gasteiger partial charge < -0.3 is 4.40 Å². The number of hydrogen-bond donors (Lipinski definition) is 0. The maximum Gasteiger partial charge on any atom is 0.160 e. The summed E-state index contributed by atoms with van der Waals surface area (Å²) in [5, 5.41) is 8.47. The first-order valence-corrected chi connectivity index (χ1v) is 17.4. The third-order valence-corrected chi connectivity index (χ3v) is 10.5.